The summed E-state index contributed by atoms with van der Waals surface area (Å²) in [5.74, 6) is 1.94. The largest absolute Gasteiger partial charge is 0.368 e. The normalized spacial score (nSPS) is 16.5. The predicted octanol–water partition coefficient (Wildman–Crippen LogP) is 2.10. The molecule has 2 N–H and O–H groups in total. The first-order valence-electron chi connectivity index (χ1n) is 6.31. The minimum absolute atomic E-state index is 0.0256. The van der Waals surface area contributed by atoms with E-state index >= 15 is 0 Å². The lowest BCUT2D eigenvalue weighted by Gasteiger charge is -2.15. The number of hydrogen-bond acceptors (Lipinski definition) is 4. The van der Waals surface area contributed by atoms with E-state index in [1.165, 1.54) is 5.56 Å². The SMILES string of the molecule is CCc1nc(N)nc(C2(c3ccccc3)CC2)n1. The fourth-order valence-electron chi connectivity index (χ4n) is 2.33. The van der Waals surface area contributed by atoms with Crippen molar-refractivity contribution >= 4 is 5.95 Å². The Morgan fingerprint density at radius 1 is 1.11 bits per heavy atom. The van der Waals surface area contributed by atoms with Crippen molar-refractivity contribution < 1.29 is 0 Å². The summed E-state index contributed by atoms with van der Waals surface area (Å²) >= 11 is 0. The zero-order valence-electron chi connectivity index (χ0n) is 10.4. The molecule has 0 amide bonds. The van der Waals surface area contributed by atoms with Gasteiger partial charge in [0, 0.05) is 6.42 Å². The van der Waals surface area contributed by atoms with Gasteiger partial charge in [-0.15, -0.1) is 0 Å². The Balaban J connectivity index is 2.07. The lowest BCUT2D eigenvalue weighted by molar-refractivity contribution is 0.723. The highest BCUT2D eigenvalue weighted by molar-refractivity contribution is 5.40. The molecule has 1 saturated carbocycles. The fourth-order valence-corrected chi connectivity index (χ4v) is 2.33. The molecule has 92 valence electrons. The molecule has 4 nitrogen and oxygen atoms in total. The maximum Gasteiger partial charge on any atom is 0.223 e. The van der Waals surface area contributed by atoms with E-state index in [2.05, 4.69) is 39.2 Å². The molecule has 0 spiro atoms. The average molecular weight is 240 g/mol. The number of aryl methyl sites for hydroxylation is 1. The van der Waals surface area contributed by atoms with E-state index in [4.69, 9.17) is 5.73 Å². The molecule has 1 aromatic carbocycles. The average Bonchev–Trinajstić information content (AvgIpc) is 3.20. The van der Waals surface area contributed by atoms with Crippen molar-refractivity contribution in [1.29, 1.82) is 0 Å². The molecule has 0 unspecified atom stereocenters. The van der Waals surface area contributed by atoms with Crippen molar-refractivity contribution in [2.75, 3.05) is 5.73 Å². The van der Waals surface area contributed by atoms with Crippen molar-refractivity contribution in [3.05, 3.63) is 47.5 Å². The Bertz CT molecular complexity index is 561. The first kappa shape index (κ1) is 11.1. The molecule has 1 heterocycles. The molecule has 0 radical (unpaired) electrons. The molecular formula is C14H16N4. The van der Waals surface area contributed by atoms with Gasteiger partial charge in [-0.1, -0.05) is 37.3 Å². The number of hydrogen-bond donors (Lipinski definition) is 1. The van der Waals surface area contributed by atoms with Gasteiger partial charge in [0.15, 0.2) is 0 Å². The van der Waals surface area contributed by atoms with E-state index in [0.29, 0.717) is 5.95 Å². The number of benzene rings is 1. The van der Waals surface area contributed by atoms with E-state index < -0.39 is 0 Å². The van der Waals surface area contributed by atoms with Crippen LogP contribution in [0.15, 0.2) is 30.3 Å². The maximum atomic E-state index is 5.78. The first-order valence-corrected chi connectivity index (χ1v) is 6.31. The van der Waals surface area contributed by atoms with E-state index in [9.17, 15) is 0 Å². The van der Waals surface area contributed by atoms with Crippen LogP contribution in [0.4, 0.5) is 5.95 Å². The van der Waals surface area contributed by atoms with Gasteiger partial charge in [0.1, 0.15) is 11.6 Å². The minimum Gasteiger partial charge on any atom is -0.368 e. The molecule has 2 aromatic rings. The van der Waals surface area contributed by atoms with E-state index in [-0.39, 0.29) is 5.41 Å². The Morgan fingerprint density at radius 2 is 1.83 bits per heavy atom. The van der Waals surface area contributed by atoms with Gasteiger partial charge in [0.2, 0.25) is 5.95 Å². The molecular weight excluding hydrogens is 224 g/mol. The monoisotopic (exact) mass is 240 g/mol. The Kier molecular flexibility index (Phi) is 2.51. The van der Waals surface area contributed by atoms with E-state index in [1.807, 2.05) is 13.0 Å². The summed E-state index contributed by atoms with van der Waals surface area (Å²) in [5.41, 5.74) is 7.03. The lowest BCUT2D eigenvalue weighted by Crippen LogP contribution is -2.17. The Labute approximate surface area is 106 Å². The van der Waals surface area contributed by atoms with Gasteiger partial charge >= 0.3 is 0 Å². The van der Waals surface area contributed by atoms with Gasteiger partial charge in [-0.2, -0.15) is 9.97 Å². The number of aromatic nitrogens is 3. The topological polar surface area (TPSA) is 64.7 Å². The van der Waals surface area contributed by atoms with Crippen LogP contribution < -0.4 is 5.73 Å². The highest BCUT2D eigenvalue weighted by atomic mass is 15.1. The van der Waals surface area contributed by atoms with Crippen LogP contribution in [0, 0.1) is 0 Å². The van der Waals surface area contributed by atoms with Gasteiger partial charge in [-0.3, -0.25) is 0 Å². The second-order valence-corrected chi connectivity index (χ2v) is 4.74. The van der Waals surface area contributed by atoms with Gasteiger partial charge < -0.3 is 5.73 Å². The molecule has 18 heavy (non-hydrogen) atoms. The molecule has 0 aliphatic heterocycles. The predicted molar refractivity (Wildman–Crippen MR) is 70.1 cm³/mol. The van der Waals surface area contributed by atoms with E-state index in [1.54, 1.807) is 0 Å². The van der Waals surface area contributed by atoms with Crippen LogP contribution in [-0.4, -0.2) is 15.0 Å². The number of nitrogens with two attached hydrogens (primary N) is 1. The zero-order chi connectivity index (χ0) is 12.6. The van der Waals surface area contributed by atoms with Crippen molar-refractivity contribution in [3.8, 4) is 0 Å². The maximum absolute atomic E-state index is 5.78. The molecule has 1 fully saturated rings. The second-order valence-electron chi connectivity index (χ2n) is 4.74. The van der Waals surface area contributed by atoms with Crippen molar-refractivity contribution in [2.45, 2.75) is 31.6 Å². The van der Waals surface area contributed by atoms with Crippen LogP contribution >= 0.6 is 0 Å². The molecule has 4 heteroatoms. The van der Waals surface area contributed by atoms with Crippen molar-refractivity contribution in [2.24, 2.45) is 0 Å². The smallest absolute Gasteiger partial charge is 0.223 e. The molecule has 1 aromatic heterocycles. The third-order valence-electron chi connectivity index (χ3n) is 3.52. The molecule has 3 rings (SSSR count). The highest BCUT2D eigenvalue weighted by Gasteiger charge is 2.48. The summed E-state index contributed by atoms with van der Waals surface area (Å²) in [6, 6.07) is 10.4. The third-order valence-corrected chi connectivity index (χ3v) is 3.52. The van der Waals surface area contributed by atoms with Gasteiger partial charge in [0.05, 0.1) is 5.41 Å². The third kappa shape index (κ3) is 1.74. The summed E-state index contributed by atoms with van der Waals surface area (Å²) in [6.07, 6.45) is 2.96. The molecule has 0 saturated heterocycles. The molecule has 0 atom stereocenters. The Morgan fingerprint density at radius 3 is 2.44 bits per heavy atom. The summed E-state index contributed by atoms with van der Waals surface area (Å²) in [6.45, 7) is 2.03. The van der Waals surface area contributed by atoms with Gasteiger partial charge in [-0.05, 0) is 18.4 Å². The van der Waals surface area contributed by atoms with Crippen LogP contribution in [0.5, 0.6) is 0 Å². The molecule has 1 aliphatic carbocycles. The van der Waals surface area contributed by atoms with Gasteiger partial charge in [-0.25, -0.2) is 4.98 Å². The number of nitrogens with zero attached hydrogens (tertiary/aromatic N) is 3. The standard InChI is InChI=1S/C14H16N4/c1-2-11-16-12(18-13(15)17-11)14(8-9-14)10-6-4-3-5-7-10/h3-7H,2,8-9H2,1H3,(H2,15,16,17,18). The van der Waals surface area contributed by atoms with Crippen LogP contribution in [0.25, 0.3) is 0 Å². The van der Waals surface area contributed by atoms with Crippen LogP contribution in [0.3, 0.4) is 0 Å². The second kappa shape index (κ2) is 4.05. The number of nitrogen functional groups attached to an aromatic ring is 1. The Hall–Kier alpha value is -1.97. The minimum atomic E-state index is -0.0256. The van der Waals surface area contributed by atoms with Gasteiger partial charge in [0.25, 0.3) is 0 Å². The van der Waals surface area contributed by atoms with E-state index in [0.717, 1.165) is 30.9 Å². The quantitative estimate of drug-likeness (QED) is 0.892. The summed E-state index contributed by atoms with van der Waals surface area (Å²) in [7, 11) is 0. The number of rotatable bonds is 3. The summed E-state index contributed by atoms with van der Waals surface area (Å²) < 4.78 is 0. The zero-order valence-corrected chi connectivity index (χ0v) is 10.4. The number of anilines is 1. The molecule has 0 bridgehead atoms. The first-order chi connectivity index (χ1) is 8.74. The van der Waals surface area contributed by atoms with Crippen molar-refractivity contribution in [3.63, 3.8) is 0 Å². The van der Waals surface area contributed by atoms with Crippen LogP contribution in [-0.2, 0) is 11.8 Å². The fraction of sp³-hybridized carbons (Fsp3) is 0.357. The lowest BCUT2D eigenvalue weighted by atomic mass is 9.95. The summed E-state index contributed by atoms with van der Waals surface area (Å²) in [5, 5.41) is 0. The van der Waals surface area contributed by atoms with Crippen molar-refractivity contribution in [1.82, 2.24) is 15.0 Å². The molecule has 1 aliphatic rings. The van der Waals surface area contributed by atoms with Crippen LogP contribution in [0.2, 0.25) is 0 Å². The van der Waals surface area contributed by atoms with Crippen LogP contribution in [0.1, 0.15) is 37.0 Å². The summed E-state index contributed by atoms with van der Waals surface area (Å²) in [4.78, 5) is 13.1. The highest BCUT2D eigenvalue weighted by Crippen LogP contribution is 2.52.